The van der Waals surface area contributed by atoms with E-state index in [1.807, 2.05) is 18.2 Å². The SMILES string of the molecule is OCC1CSC(c2cc3cc(Oc4cccnc4)cc(NC4CCCC4)c3[nH]2)=N1. The minimum atomic E-state index is -0.0121. The minimum Gasteiger partial charge on any atom is -0.456 e. The van der Waals surface area contributed by atoms with Crippen molar-refractivity contribution in [1.29, 1.82) is 0 Å². The van der Waals surface area contributed by atoms with Crippen LogP contribution < -0.4 is 10.1 Å². The van der Waals surface area contributed by atoms with Crippen molar-refractivity contribution in [2.24, 2.45) is 4.99 Å². The third-order valence-corrected chi connectivity index (χ3v) is 6.59. The van der Waals surface area contributed by atoms with Gasteiger partial charge in [-0.3, -0.25) is 9.98 Å². The molecule has 1 aliphatic carbocycles. The quantitative estimate of drug-likeness (QED) is 0.557. The van der Waals surface area contributed by atoms with Crippen molar-refractivity contribution in [2.75, 3.05) is 17.7 Å². The van der Waals surface area contributed by atoms with Crippen molar-refractivity contribution in [3.63, 3.8) is 0 Å². The Hall–Kier alpha value is -2.51. The highest BCUT2D eigenvalue weighted by atomic mass is 32.2. The molecule has 3 aromatic rings. The zero-order chi connectivity index (χ0) is 19.6. The highest BCUT2D eigenvalue weighted by Gasteiger charge is 2.22. The van der Waals surface area contributed by atoms with Crippen molar-refractivity contribution >= 4 is 33.4 Å². The van der Waals surface area contributed by atoms with E-state index in [1.54, 1.807) is 24.2 Å². The number of aromatic amines is 1. The van der Waals surface area contributed by atoms with Crippen molar-refractivity contribution in [3.8, 4) is 11.5 Å². The number of aliphatic hydroxyl groups excluding tert-OH is 1. The van der Waals surface area contributed by atoms with E-state index in [2.05, 4.69) is 32.4 Å². The number of hydrogen-bond donors (Lipinski definition) is 3. The molecule has 3 heterocycles. The summed E-state index contributed by atoms with van der Waals surface area (Å²) in [4.78, 5) is 12.3. The predicted octanol–water partition coefficient (Wildman–Crippen LogP) is 4.56. The van der Waals surface area contributed by atoms with E-state index in [0.29, 0.717) is 6.04 Å². The Kier molecular flexibility index (Phi) is 5.16. The molecule has 3 N–H and O–H groups in total. The summed E-state index contributed by atoms with van der Waals surface area (Å²) in [7, 11) is 0. The van der Waals surface area contributed by atoms with Gasteiger partial charge in [-0.1, -0.05) is 12.8 Å². The van der Waals surface area contributed by atoms with Crippen LogP contribution in [0, 0.1) is 0 Å². The fourth-order valence-corrected chi connectivity index (χ4v) is 5.01. The van der Waals surface area contributed by atoms with E-state index in [1.165, 1.54) is 25.7 Å². The van der Waals surface area contributed by atoms with Gasteiger partial charge in [-0.05, 0) is 37.1 Å². The average Bonchev–Trinajstić information content (AvgIpc) is 3.49. The second kappa shape index (κ2) is 8.08. The molecule has 1 aromatic carbocycles. The van der Waals surface area contributed by atoms with E-state index in [0.717, 1.165) is 44.6 Å². The Morgan fingerprint density at radius 3 is 2.86 bits per heavy atom. The molecule has 0 amide bonds. The molecule has 2 aliphatic rings. The van der Waals surface area contributed by atoms with Crippen molar-refractivity contribution < 1.29 is 9.84 Å². The number of anilines is 1. The second-order valence-corrected chi connectivity index (χ2v) is 8.62. The Labute approximate surface area is 173 Å². The largest absolute Gasteiger partial charge is 0.456 e. The van der Waals surface area contributed by atoms with Gasteiger partial charge in [0.1, 0.15) is 16.5 Å². The van der Waals surface area contributed by atoms with Gasteiger partial charge >= 0.3 is 0 Å². The normalized spacial score (nSPS) is 19.6. The zero-order valence-electron chi connectivity index (χ0n) is 16.1. The molecule has 0 bridgehead atoms. The first kappa shape index (κ1) is 18.5. The van der Waals surface area contributed by atoms with Crippen LogP contribution in [0.15, 0.2) is 47.7 Å². The first-order valence-corrected chi connectivity index (χ1v) is 11.1. The summed E-state index contributed by atoms with van der Waals surface area (Å²) in [6.45, 7) is 0.0916. The third-order valence-electron chi connectivity index (χ3n) is 5.44. The number of aliphatic hydroxyl groups is 1. The van der Waals surface area contributed by atoms with Gasteiger partial charge in [0.25, 0.3) is 0 Å². The summed E-state index contributed by atoms with van der Waals surface area (Å²) < 4.78 is 6.08. The van der Waals surface area contributed by atoms with Crippen molar-refractivity contribution in [3.05, 3.63) is 48.4 Å². The van der Waals surface area contributed by atoms with Crippen LogP contribution in [-0.4, -0.2) is 44.6 Å². The number of ether oxygens (including phenoxy) is 1. The number of hydrogen-bond acceptors (Lipinski definition) is 6. The van der Waals surface area contributed by atoms with Gasteiger partial charge in [0.15, 0.2) is 0 Å². The molecule has 5 rings (SSSR count). The number of benzene rings is 1. The molecule has 0 saturated heterocycles. The summed E-state index contributed by atoms with van der Waals surface area (Å²) in [5, 5.41) is 15.1. The number of aliphatic imine (C=N–C) groups is 1. The van der Waals surface area contributed by atoms with Crippen LogP contribution in [0.5, 0.6) is 11.5 Å². The summed E-state index contributed by atoms with van der Waals surface area (Å²) in [5.74, 6) is 2.32. The monoisotopic (exact) mass is 408 g/mol. The average molecular weight is 409 g/mol. The Morgan fingerprint density at radius 2 is 2.10 bits per heavy atom. The van der Waals surface area contributed by atoms with Gasteiger partial charge in [0, 0.05) is 29.4 Å². The predicted molar refractivity (Wildman–Crippen MR) is 118 cm³/mol. The van der Waals surface area contributed by atoms with Crippen LogP contribution in [-0.2, 0) is 0 Å². The number of nitrogens with zero attached hydrogens (tertiary/aromatic N) is 2. The maximum absolute atomic E-state index is 9.39. The highest BCUT2D eigenvalue weighted by Crippen LogP contribution is 2.35. The fraction of sp³-hybridized carbons (Fsp3) is 0.364. The lowest BCUT2D eigenvalue weighted by molar-refractivity contribution is 0.277. The highest BCUT2D eigenvalue weighted by molar-refractivity contribution is 8.14. The molecule has 1 saturated carbocycles. The van der Waals surface area contributed by atoms with Crippen LogP contribution >= 0.6 is 11.8 Å². The smallest absolute Gasteiger partial charge is 0.145 e. The summed E-state index contributed by atoms with van der Waals surface area (Å²) in [6.07, 6.45) is 8.40. The summed E-state index contributed by atoms with van der Waals surface area (Å²) >= 11 is 1.69. The number of rotatable bonds is 6. The van der Waals surface area contributed by atoms with Crippen LogP contribution in [0.25, 0.3) is 10.9 Å². The van der Waals surface area contributed by atoms with Gasteiger partial charge in [0.2, 0.25) is 0 Å². The second-order valence-electron chi connectivity index (χ2n) is 7.62. The molecule has 1 atom stereocenters. The summed E-state index contributed by atoms with van der Waals surface area (Å²) in [5.41, 5.74) is 3.12. The van der Waals surface area contributed by atoms with E-state index in [9.17, 15) is 5.11 Å². The maximum atomic E-state index is 9.39. The van der Waals surface area contributed by atoms with E-state index < -0.39 is 0 Å². The van der Waals surface area contributed by atoms with Gasteiger partial charge in [-0.25, -0.2) is 0 Å². The number of aromatic nitrogens is 2. The molecule has 1 unspecified atom stereocenters. The number of pyridine rings is 1. The van der Waals surface area contributed by atoms with Gasteiger partial charge in [-0.2, -0.15) is 0 Å². The number of nitrogens with one attached hydrogen (secondary N) is 2. The molecule has 29 heavy (non-hydrogen) atoms. The lowest BCUT2D eigenvalue weighted by Crippen LogP contribution is -2.14. The van der Waals surface area contributed by atoms with Crippen LogP contribution in [0.4, 0.5) is 5.69 Å². The topological polar surface area (TPSA) is 82.5 Å². The van der Waals surface area contributed by atoms with E-state index >= 15 is 0 Å². The number of thioether (sulfide) groups is 1. The maximum Gasteiger partial charge on any atom is 0.145 e. The fourth-order valence-electron chi connectivity index (χ4n) is 3.99. The lowest BCUT2D eigenvalue weighted by Gasteiger charge is -2.16. The standard InChI is InChI=1S/C22H24N4O2S/c27-12-16-13-29-22(25-16)20-9-14-8-18(28-17-6-3-7-23-11-17)10-19(21(14)26-20)24-15-4-1-2-5-15/h3,6-11,15-16,24,26-27H,1-2,4-5,12-13H2. The molecule has 1 aliphatic heterocycles. The number of H-pyrrole nitrogens is 1. The Balaban J connectivity index is 1.52. The molecule has 0 spiro atoms. The first-order valence-electron chi connectivity index (χ1n) is 10.1. The molecule has 2 aromatic heterocycles. The van der Waals surface area contributed by atoms with Crippen molar-refractivity contribution in [2.45, 2.75) is 37.8 Å². The van der Waals surface area contributed by atoms with Gasteiger partial charge in [0.05, 0.1) is 35.7 Å². The third kappa shape index (κ3) is 3.97. The van der Waals surface area contributed by atoms with Gasteiger partial charge in [-0.15, -0.1) is 11.8 Å². The molecule has 1 fully saturated rings. The van der Waals surface area contributed by atoms with Gasteiger partial charge < -0.3 is 20.1 Å². The van der Waals surface area contributed by atoms with Crippen LogP contribution in [0.1, 0.15) is 31.4 Å². The molecular weight excluding hydrogens is 384 g/mol. The number of fused-ring (bicyclic) bond motifs is 1. The lowest BCUT2D eigenvalue weighted by atomic mass is 10.1. The summed E-state index contributed by atoms with van der Waals surface area (Å²) in [6, 6.07) is 10.5. The van der Waals surface area contributed by atoms with Crippen LogP contribution in [0.2, 0.25) is 0 Å². The first-order chi connectivity index (χ1) is 14.3. The minimum absolute atomic E-state index is 0.0121. The molecular formula is C22H24N4O2S. The molecule has 7 heteroatoms. The Morgan fingerprint density at radius 1 is 1.21 bits per heavy atom. The van der Waals surface area contributed by atoms with Crippen molar-refractivity contribution in [1.82, 2.24) is 9.97 Å². The Bertz CT molecular complexity index is 1030. The molecule has 6 nitrogen and oxygen atoms in total. The molecule has 150 valence electrons. The zero-order valence-corrected chi connectivity index (χ0v) is 16.9. The van der Waals surface area contributed by atoms with E-state index in [-0.39, 0.29) is 12.6 Å². The van der Waals surface area contributed by atoms with E-state index in [4.69, 9.17) is 4.74 Å². The van der Waals surface area contributed by atoms with Crippen LogP contribution in [0.3, 0.4) is 0 Å². The molecule has 0 radical (unpaired) electrons.